The molecule has 2 atom stereocenters. The molecule has 186 valence electrons. The number of hydrogen-bond donors (Lipinski definition) is 0. The quantitative estimate of drug-likeness (QED) is 0.491. The number of benzene rings is 2. The van der Waals surface area contributed by atoms with Crippen LogP contribution in [0.5, 0.6) is 0 Å². The van der Waals surface area contributed by atoms with Crippen LogP contribution in [0.15, 0.2) is 40.9 Å². The van der Waals surface area contributed by atoms with Gasteiger partial charge in [-0.25, -0.2) is 18.5 Å². The SMILES string of the molecule is C[C@H](N(Cc1ccc(F)c(F)c1)C(=O)CN1C(=O)O[C@@]2(CCc3cc(Br)ccc32)C1=O)C(F)(F)F. The summed E-state index contributed by atoms with van der Waals surface area (Å²) in [4.78, 5) is 39.6. The lowest BCUT2D eigenvalue weighted by molar-refractivity contribution is -0.187. The molecule has 2 aromatic rings. The van der Waals surface area contributed by atoms with Crippen LogP contribution in [0.4, 0.5) is 26.7 Å². The minimum atomic E-state index is -4.86. The molecule has 4 rings (SSSR count). The van der Waals surface area contributed by atoms with Crippen molar-refractivity contribution < 1.29 is 41.1 Å². The van der Waals surface area contributed by atoms with Gasteiger partial charge in [-0.2, -0.15) is 13.2 Å². The lowest BCUT2D eigenvalue weighted by Crippen LogP contribution is -2.51. The largest absolute Gasteiger partial charge is 0.427 e. The van der Waals surface area contributed by atoms with Crippen LogP contribution in [0.3, 0.4) is 0 Å². The molecule has 0 radical (unpaired) electrons. The smallest absolute Gasteiger partial charge is 0.418 e. The lowest BCUT2D eigenvalue weighted by atomic mass is 9.95. The highest BCUT2D eigenvalue weighted by atomic mass is 79.9. The van der Waals surface area contributed by atoms with Crippen molar-refractivity contribution in [2.75, 3.05) is 6.54 Å². The van der Waals surface area contributed by atoms with Crippen molar-refractivity contribution in [1.29, 1.82) is 0 Å². The first-order valence-electron chi connectivity index (χ1n) is 10.5. The summed E-state index contributed by atoms with van der Waals surface area (Å²) in [5.41, 5.74) is -0.528. The topological polar surface area (TPSA) is 66.9 Å². The van der Waals surface area contributed by atoms with E-state index in [1.807, 2.05) is 0 Å². The Morgan fingerprint density at radius 1 is 1.17 bits per heavy atom. The third-order valence-corrected chi connectivity index (χ3v) is 6.71. The summed E-state index contributed by atoms with van der Waals surface area (Å²) in [5.74, 6) is -4.54. The zero-order valence-corrected chi connectivity index (χ0v) is 19.8. The van der Waals surface area contributed by atoms with Crippen LogP contribution in [0.2, 0.25) is 0 Å². The molecule has 1 aliphatic carbocycles. The molecule has 1 saturated heterocycles. The second kappa shape index (κ2) is 8.89. The van der Waals surface area contributed by atoms with Crippen LogP contribution in [-0.2, 0) is 32.9 Å². The van der Waals surface area contributed by atoms with E-state index in [-0.39, 0.29) is 12.0 Å². The summed E-state index contributed by atoms with van der Waals surface area (Å²) in [6, 6.07) is 5.16. The zero-order chi connectivity index (χ0) is 25.7. The molecule has 0 aromatic heterocycles. The first-order chi connectivity index (χ1) is 16.3. The van der Waals surface area contributed by atoms with E-state index in [0.29, 0.717) is 34.8 Å². The van der Waals surface area contributed by atoms with Crippen LogP contribution in [0, 0.1) is 11.6 Å². The average molecular weight is 561 g/mol. The number of nitrogens with zero attached hydrogens (tertiary/aromatic N) is 2. The molecule has 0 saturated carbocycles. The van der Waals surface area contributed by atoms with Crippen LogP contribution in [-0.4, -0.2) is 46.5 Å². The van der Waals surface area contributed by atoms with Crippen molar-refractivity contribution in [3.63, 3.8) is 0 Å². The van der Waals surface area contributed by atoms with Crippen molar-refractivity contribution in [2.45, 2.75) is 44.1 Å². The van der Waals surface area contributed by atoms with Gasteiger partial charge in [0, 0.05) is 23.0 Å². The maximum Gasteiger partial charge on any atom is 0.418 e. The number of carbonyl (C=O) groups excluding carboxylic acids is 3. The molecule has 1 spiro atoms. The van der Waals surface area contributed by atoms with Gasteiger partial charge in [-0.05, 0) is 48.7 Å². The Labute approximate surface area is 204 Å². The van der Waals surface area contributed by atoms with E-state index in [1.165, 1.54) is 0 Å². The molecule has 1 fully saturated rings. The average Bonchev–Trinajstić information content (AvgIpc) is 3.25. The third kappa shape index (κ3) is 4.51. The predicted octanol–water partition coefficient (Wildman–Crippen LogP) is 4.83. The molecule has 2 aliphatic rings. The number of aryl methyl sites for hydroxylation is 1. The second-order valence-corrected chi connectivity index (χ2v) is 9.29. The minimum absolute atomic E-state index is 0.101. The fourth-order valence-electron chi connectivity index (χ4n) is 4.30. The maximum absolute atomic E-state index is 13.6. The lowest BCUT2D eigenvalue weighted by Gasteiger charge is -2.31. The molecule has 0 bridgehead atoms. The number of alkyl halides is 3. The molecule has 0 unspecified atom stereocenters. The maximum atomic E-state index is 13.6. The van der Waals surface area contributed by atoms with Gasteiger partial charge in [0.15, 0.2) is 11.6 Å². The van der Waals surface area contributed by atoms with Gasteiger partial charge >= 0.3 is 12.3 Å². The highest BCUT2D eigenvalue weighted by Crippen LogP contribution is 2.46. The van der Waals surface area contributed by atoms with Gasteiger partial charge in [-0.1, -0.05) is 28.1 Å². The zero-order valence-electron chi connectivity index (χ0n) is 18.2. The summed E-state index contributed by atoms with van der Waals surface area (Å²) in [6.07, 6.45) is -5.45. The summed E-state index contributed by atoms with van der Waals surface area (Å²) >= 11 is 3.32. The number of fused-ring (bicyclic) bond motifs is 2. The third-order valence-electron chi connectivity index (χ3n) is 6.21. The molecule has 35 heavy (non-hydrogen) atoms. The van der Waals surface area contributed by atoms with E-state index in [4.69, 9.17) is 4.74 Å². The number of rotatable bonds is 5. The fourth-order valence-corrected chi connectivity index (χ4v) is 4.71. The number of hydrogen-bond acceptors (Lipinski definition) is 4. The second-order valence-electron chi connectivity index (χ2n) is 8.38. The Bertz CT molecular complexity index is 1220. The molecule has 1 aliphatic heterocycles. The highest BCUT2D eigenvalue weighted by Gasteiger charge is 2.58. The van der Waals surface area contributed by atoms with Crippen LogP contribution in [0.25, 0.3) is 0 Å². The molecule has 2 aromatic carbocycles. The molecule has 3 amide bonds. The van der Waals surface area contributed by atoms with Crippen LogP contribution in [0.1, 0.15) is 30.0 Å². The van der Waals surface area contributed by atoms with Gasteiger partial charge in [0.1, 0.15) is 12.6 Å². The predicted molar refractivity (Wildman–Crippen MR) is 115 cm³/mol. The number of amides is 3. The number of imide groups is 1. The molecule has 0 N–H and O–H groups in total. The van der Waals surface area contributed by atoms with Gasteiger partial charge in [0.05, 0.1) is 0 Å². The van der Waals surface area contributed by atoms with E-state index < -0.39 is 60.5 Å². The molecular formula is C23H18BrF5N2O4. The summed E-state index contributed by atoms with van der Waals surface area (Å²) in [6.45, 7) is -1.01. The summed E-state index contributed by atoms with van der Waals surface area (Å²) in [7, 11) is 0. The molecular weight excluding hydrogens is 543 g/mol. The van der Waals surface area contributed by atoms with Gasteiger partial charge in [-0.15, -0.1) is 0 Å². The van der Waals surface area contributed by atoms with Crippen molar-refractivity contribution in [3.05, 3.63) is 69.2 Å². The Balaban J connectivity index is 1.60. The van der Waals surface area contributed by atoms with Crippen molar-refractivity contribution in [2.24, 2.45) is 0 Å². The standard InChI is InChI=1S/C23H18BrF5N2O4/c1-12(23(27,28)29)30(10-13-2-5-17(25)18(26)8-13)19(32)11-31-20(33)22(35-21(31)34)7-6-14-9-15(24)3-4-16(14)22/h2-5,8-9,12H,6-7,10-11H2,1H3/t12-,22+/m0/s1. The monoisotopic (exact) mass is 560 g/mol. The summed E-state index contributed by atoms with van der Waals surface area (Å²) in [5, 5.41) is 0. The number of carbonyl (C=O) groups is 3. The highest BCUT2D eigenvalue weighted by molar-refractivity contribution is 9.10. The summed E-state index contributed by atoms with van der Waals surface area (Å²) < 4.78 is 73.5. The minimum Gasteiger partial charge on any atom is -0.427 e. The van der Waals surface area contributed by atoms with Crippen LogP contribution < -0.4 is 0 Å². The number of ether oxygens (including phenoxy) is 1. The molecule has 6 nitrogen and oxygen atoms in total. The van der Waals surface area contributed by atoms with Gasteiger partial charge in [0.2, 0.25) is 11.5 Å². The Morgan fingerprint density at radius 3 is 2.54 bits per heavy atom. The first-order valence-corrected chi connectivity index (χ1v) is 11.3. The normalized spacial score (nSPS) is 20.3. The van der Waals surface area contributed by atoms with Gasteiger partial charge in [0.25, 0.3) is 5.91 Å². The van der Waals surface area contributed by atoms with E-state index in [1.54, 1.807) is 18.2 Å². The van der Waals surface area contributed by atoms with Crippen molar-refractivity contribution in [1.82, 2.24) is 9.80 Å². The van der Waals surface area contributed by atoms with E-state index in [9.17, 15) is 36.3 Å². The first kappa shape index (κ1) is 25.1. The van der Waals surface area contributed by atoms with Crippen molar-refractivity contribution in [3.8, 4) is 0 Å². The number of halogens is 6. The Hall–Kier alpha value is -3.02. The van der Waals surface area contributed by atoms with E-state index in [0.717, 1.165) is 22.2 Å². The molecule has 1 heterocycles. The fraction of sp³-hybridized carbons (Fsp3) is 0.348. The van der Waals surface area contributed by atoms with Crippen LogP contribution >= 0.6 is 15.9 Å². The van der Waals surface area contributed by atoms with Gasteiger partial charge < -0.3 is 9.64 Å². The van der Waals surface area contributed by atoms with E-state index >= 15 is 0 Å². The van der Waals surface area contributed by atoms with E-state index in [2.05, 4.69) is 15.9 Å². The van der Waals surface area contributed by atoms with Crippen molar-refractivity contribution >= 4 is 33.8 Å². The molecule has 12 heteroatoms. The van der Waals surface area contributed by atoms with Gasteiger partial charge in [-0.3, -0.25) is 9.59 Å². The Kier molecular flexibility index (Phi) is 6.37. The Morgan fingerprint density at radius 2 is 1.89 bits per heavy atom.